The number of rotatable bonds is 3. The maximum atomic E-state index is 13.1. The third-order valence-corrected chi connectivity index (χ3v) is 3.23. The topological polar surface area (TPSA) is 76.0 Å². The first-order valence-corrected chi connectivity index (χ1v) is 6.12. The molecule has 0 aliphatic rings. The monoisotopic (exact) mass is 284 g/mol. The number of nitro benzene ring substituents is 1. The van der Waals surface area contributed by atoms with E-state index in [9.17, 15) is 19.3 Å². The molecule has 21 heavy (non-hydrogen) atoms. The highest BCUT2D eigenvalue weighted by atomic mass is 19.1. The third kappa shape index (κ3) is 2.27. The fourth-order valence-electron chi connectivity index (χ4n) is 2.18. The number of aromatic amines is 1. The molecular weight excluding hydrogens is 275 g/mol. The molecule has 3 rings (SSSR count). The van der Waals surface area contributed by atoms with E-state index in [0.29, 0.717) is 22.0 Å². The zero-order chi connectivity index (χ0) is 15.0. The molecule has 0 radical (unpaired) electrons. The van der Waals surface area contributed by atoms with Crippen molar-refractivity contribution in [2.24, 2.45) is 0 Å². The van der Waals surface area contributed by atoms with E-state index in [1.807, 2.05) is 0 Å². The molecule has 0 atom stereocenters. The number of nitrogens with zero attached hydrogens (tertiary/aromatic N) is 1. The molecule has 0 bridgehead atoms. The molecule has 1 aromatic heterocycles. The Labute approximate surface area is 118 Å². The maximum Gasteiger partial charge on any atom is 0.269 e. The molecule has 1 heterocycles. The van der Waals surface area contributed by atoms with Crippen LogP contribution in [0.5, 0.6) is 0 Å². The smallest absolute Gasteiger partial charge is 0.269 e. The highest BCUT2D eigenvalue weighted by Gasteiger charge is 2.15. The zero-order valence-electron chi connectivity index (χ0n) is 10.7. The molecule has 3 aromatic rings. The van der Waals surface area contributed by atoms with E-state index in [1.165, 1.54) is 48.7 Å². The van der Waals surface area contributed by atoms with Gasteiger partial charge in [-0.1, -0.05) is 0 Å². The van der Waals surface area contributed by atoms with Gasteiger partial charge in [-0.05, 0) is 30.3 Å². The largest absolute Gasteiger partial charge is 0.360 e. The number of fused-ring (bicyclic) bond motifs is 1. The van der Waals surface area contributed by atoms with Gasteiger partial charge in [0.1, 0.15) is 5.82 Å². The molecule has 0 unspecified atom stereocenters. The Morgan fingerprint density at radius 1 is 1.14 bits per heavy atom. The number of hydrogen-bond acceptors (Lipinski definition) is 3. The minimum atomic E-state index is -0.525. The number of halogens is 1. The molecule has 0 amide bonds. The van der Waals surface area contributed by atoms with Crippen LogP contribution in [0, 0.1) is 15.9 Å². The summed E-state index contributed by atoms with van der Waals surface area (Å²) in [4.78, 5) is 25.3. The van der Waals surface area contributed by atoms with E-state index in [2.05, 4.69) is 4.98 Å². The average Bonchev–Trinajstić information content (AvgIpc) is 2.89. The lowest BCUT2D eigenvalue weighted by molar-refractivity contribution is -0.384. The Bertz CT molecular complexity index is 853. The van der Waals surface area contributed by atoms with Gasteiger partial charge in [-0.15, -0.1) is 0 Å². The van der Waals surface area contributed by atoms with Gasteiger partial charge >= 0.3 is 0 Å². The van der Waals surface area contributed by atoms with Crippen molar-refractivity contribution in [3.8, 4) is 0 Å². The van der Waals surface area contributed by atoms with Crippen LogP contribution in [0.4, 0.5) is 10.1 Å². The van der Waals surface area contributed by atoms with Crippen LogP contribution in [0.25, 0.3) is 10.9 Å². The number of nitrogens with one attached hydrogen (secondary N) is 1. The summed E-state index contributed by atoms with van der Waals surface area (Å²) in [5.74, 6) is -0.665. The van der Waals surface area contributed by atoms with Crippen molar-refractivity contribution in [2.75, 3.05) is 0 Å². The summed E-state index contributed by atoms with van der Waals surface area (Å²) in [6.45, 7) is 0. The Kier molecular flexibility index (Phi) is 2.98. The Morgan fingerprint density at radius 2 is 1.86 bits per heavy atom. The second kappa shape index (κ2) is 4.82. The number of nitro groups is 1. The minimum absolute atomic E-state index is 0.0763. The number of ketones is 1. The number of carbonyl (C=O) groups excluding carboxylic acids is 1. The first-order chi connectivity index (χ1) is 10.1. The molecule has 0 aliphatic carbocycles. The number of hydrogen-bond donors (Lipinski definition) is 1. The standard InChI is InChI=1S/C15H9FN2O3/c16-10-3-6-12-13(8-17-14(12)7-10)15(19)9-1-4-11(5-2-9)18(20)21/h1-8,17H. The molecule has 0 spiro atoms. The van der Waals surface area contributed by atoms with Crippen molar-refractivity contribution in [1.82, 2.24) is 4.98 Å². The van der Waals surface area contributed by atoms with E-state index in [1.54, 1.807) is 0 Å². The molecule has 104 valence electrons. The molecule has 1 N–H and O–H groups in total. The van der Waals surface area contributed by atoms with Crippen molar-refractivity contribution in [1.29, 1.82) is 0 Å². The van der Waals surface area contributed by atoms with Gasteiger partial charge in [0, 0.05) is 40.4 Å². The van der Waals surface area contributed by atoms with Gasteiger partial charge in [-0.25, -0.2) is 4.39 Å². The molecule has 0 saturated carbocycles. The van der Waals surface area contributed by atoms with Crippen molar-refractivity contribution in [3.63, 3.8) is 0 Å². The van der Waals surface area contributed by atoms with Gasteiger partial charge in [0.05, 0.1) is 4.92 Å². The summed E-state index contributed by atoms with van der Waals surface area (Å²) in [5, 5.41) is 11.2. The summed E-state index contributed by atoms with van der Waals surface area (Å²) in [6, 6.07) is 9.49. The van der Waals surface area contributed by atoms with Crippen LogP contribution in [0.1, 0.15) is 15.9 Å². The van der Waals surface area contributed by atoms with E-state index in [-0.39, 0.29) is 11.5 Å². The van der Waals surface area contributed by atoms with Crippen LogP contribution in [-0.4, -0.2) is 15.7 Å². The SMILES string of the molecule is O=C(c1ccc([N+](=O)[O-])cc1)c1c[nH]c2cc(F)ccc12. The van der Waals surface area contributed by atoms with E-state index < -0.39 is 10.7 Å². The Balaban J connectivity index is 2.02. The third-order valence-electron chi connectivity index (χ3n) is 3.23. The fraction of sp³-hybridized carbons (Fsp3) is 0. The first kappa shape index (κ1) is 13.0. The van der Waals surface area contributed by atoms with Crippen LogP contribution in [0.2, 0.25) is 0 Å². The summed E-state index contributed by atoms with van der Waals surface area (Å²) in [5.41, 5.74) is 1.19. The van der Waals surface area contributed by atoms with Gasteiger partial charge in [-0.3, -0.25) is 14.9 Å². The van der Waals surface area contributed by atoms with Gasteiger partial charge in [0.2, 0.25) is 0 Å². The molecule has 2 aromatic carbocycles. The summed E-state index contributed by atoms with van der Waals surface area (Å²) < 4.78 is 13.1. The van der Waals surface area contributed by atoms with Gasteiger partial charge in [0.15, 0.2) is 5.78 Å². The molecule has 6 heteroatoms. The first-order valence-electron chi connectivity index (χ1n) is 6.12. The van der Waals surface area contributed by atoms with Crippen LogP contribution in [-0.2, 0) is 0 Å². The van der Waals surface area contributed by atoms with Gasteiger partial charge in [-0.2, -0.15) is 0 Å². The number of non-ortho nitro benzene ring substituents is 1. The summed E-state index contributed by atoms with van der Waals surface area (Å²) in [6.07, 6.45) is 1.51. The lowest BCUT2D eigenvalue weighted by Gasteiger charge is -2.00. The van der Waals surface area contributed by atoms with Crippen LogP contribution < -0.4 is 0 Å². The van der Waals surface area contributed by atoms with Crippen molar-refractivity contribution in [3.05, 3.63) is 75.7 Å². The number of H-pyrrole nitrogens is 1. The summed E-state index contributed by atoms with van der Waals surface area (Å²) >= 11 is 0. The molecule has 0 saturated heterocycles. The van der Waals surface area contributed by atoms with E-state index in [4.69, 9.17) is 0 Å². The van der Waals surface area contributed by atoms with Crippen molar-refractivity contribution in [2.45, 2.75) is 0 Å². The highest BCUT2D eigenvalue weighted by molar-refractivity contribution is 6.16. The lowest BCUT2D eigenvalue weighted by Crippen LogP contribution is -2.00. The predicted molar refractivity (Wildman–Crippen MR) is 74.8 cm³/mol. The quantitative estimate of drug-likeness (QED) is 0.454. The van der Waals surface area contributed by atoms with Crippen LogP contribution in [0.15, 0.2) is 48.7 Å². The number of carbonyl (C=O) groups is 1. The Morgan fingerprint density at radius 3 is 2.52 bits per heavy atom. The lowest BCUT2D eigenvalue weighted by atomic mass is 10.0. The van der Waals surface area contributed by atoms with Gasteiger partial charge in [0.25, 0.3) is 5.69 Å². The molecule has 0 fully saturated rings. The summed E-state index contributed by atoms with van der Waals surface area (Å²) in [7, 11) is 0. The fourth-order valence-corrected chi connectivity index (χ4v) is 2.18. The Hall–Kier alpha value is -3.02. The maximum absolute atomic E-state index is 13.1. The number of aromatic nitrogens is 1. The van der Waals surface area contributed by atoms with Crippen LogP contribution >= 0.6 is 0 Å². The van der Waals surface area contributed by atoms with E-state index in [0.717, 1.165) is 0 Å². The molecule has 5 nitrogen and oxygen atoms in total. The minimum Gasteiger partial charge on any atom is -0.360 e. The highest BCUT2D eigenvalue weighted by Crippen LogP contribution is 2.23. The van der Waals surface area contributed by atoms with Gasteiger partial charge < -0.3 is 4.98 Å². The second-order valence-corrected chi connectivity index (χ2v) is 4.53. The number of benzene rings is 2. The van der Waals surface area contributed by atoms with E-state index >= 15 is 0 Å². The molecule has 0 aliphatic heterocycles. The van der Waals surface area contributed by atoms with Crippen molar-refractivity contribution >= 4 is 22.4 Å². The zero-order valence-corrected chi connectivity index (χ0v) is 10.7. The molecular formula is C15H9FN2O3. The normalized spacial score (nSPS) is 10.7. The van der Waals surface area contributed by atoms with Crippen molar-refractivity contribution < 1.29 is 14.1 Å². The average molecular weight is 284 g/mol. The van der Waals surface area contributed by atoms with Crippen LogP contribution in [0.3, 0.4) is 0 Å². The predicted octanol–water partition coefficient (Wildman–Crippen LogP) is 3.45. The second-order valence-electron chi connectivity index (χ2n) is 4.53.